The van der Waals surface area contributed by atoms with Gasteiger partial charge in [-0.15, -0.1) is 0 Å². The van der Waals surface area contributed by atoms with Crippen LogP contribution in [0.1, 0.15) is 24.4 Å². The van der Waals surface area contributed by atoms with E-state index in [2.05, 4.69) is 10.2 Å². The lowest BCUT2D eigenvalue weighted by molar-refractivity contribution is -0.139. The highest BCUT2D eigenvalue weighted by atomic mass is 35.5. The summed E-state index contributed by atoms with van der Waals surface area (Å²) in [5, 5.41) is 3.92. The van der Waals surface area contributed by atoms with Crippen LogP contribution in [0.15, 0.2) is 24.3 Å². The fourth-order valence-corrected chi connectivity index (χ4v) is 3.85. The van der Waals surface area contributed by atoms with Crippen LogP contribution in [0.5, 0.6) is 0 Å². The molecule has 0 bridgehead atoms. The molecule has 6 nitrogen and oxygen atoms in total. The van der Waals surface area contributed by atoms with Crippen molar-refractivity contribution in [2.24, 2.45) is 11.7 Å². The second kappa shape index (κ2) is 8.17. The topological polar surface area (TPSA) is 78.7 Å². The third-order valence-electron chi connectivity index (χ3n) is 5.13. The summed E-state index contributed by atoms with van der Waals surface area (Å²) in [4.78, 5) is 28.6. The highest BCUT2D eigenvalue weighted by Gasteiger charge is 2.32. The standard InChI is InChI=1S/C18H25ClN4O2/c19-15-3-1-13(2-4-15)16(17(20)24)22-9-11-23(12-10-22)18(25)14-5-7-21-8-6-14/h1-4,14,16,21H,5-12H2,(H2,20,24). The molecule has 1 aromatic rings. The molecule has 1 aromatic carbocycles. The second-order valence-electron chi connectivity index (χ2n) is 6.74. The zero-order chi connectivity index (χ0) is 17.8. The van der Waals surface area contributed by atoms with Crippen LogP contribution in [-0.4, -0.2) is 60.9 Å². The number of hydrogen-bond acceptors (Lipinski definition) is 4. The Morgan fingerprint density at radius 2 is 1.68 bits per heavy atom. The monoisotopic (exact) mass is 364 g/mol. The predicted octanol–water partition coefficient (Wildman–Crippen LogP) is 1.01. The van der Waals surface area contributed by atoms with Gasteiger partial charge in [0, 0.05) is 37.1 Å². The minimum Gasteiger partial charge on any atom is -0.368 e. The molecule has 3 N–H and O–H groups in total. The number of nitrogens with two attached hydrogens (primary N) is 1. The van der Waals surface area contributed by atoms with Gasteiger partial charge in [0.05, 0.1) is 0 Å². The minimum atomic E-state index is -0.478. The Labute approximate surface area is 153 Å². The zero-order valence-electron chi connectivity index (χ0n) is 14.3. The van der Waals surface area contributed by atoms with Crippen LogP contribution in [0.3, 0.4) is 0 Å². The average molecular weight is 365 g/mol. The minimum absolute atomic E-state index is 0.135. The first-order valence-electron chi connectivity index (χ1n) is 8.84. The number of piperidine rings is 1. The number of rotatable bonds is 4. The SMILES string of the molecule is NC(=O)C(c1ccc(Cl)cc1)N1CCN(C(=O)C2CCNCC2)CC1. The van der Waals surface area contributed by atoms with Crippen LogP contribution in [0.25, 0.3) is 0 Å². The highest BCUT2D eigenvalue weighted by Crippen LogP contribution is 2.24. The van der Waals surface area contributed by atoms with Crippen molar-refractivity contribution >= 4 is 23.4 Å². The Morgan fingerprint density at radius 1 is 1.08 bits per heavy atom. The molecule has 2 aliphatic rings. The van der Waals surface area contributed by atoms with E-state index in [9.17, 15) is 9.59 Å². The normalized spacial score (nSPS) is 21.1. The average Bonchev–Trinajstić information content (AvgIpc) is 2.64. The van der Waals surface area contributed by atoms with Gasteiger partial charge in [-0.05, 0) is 43.6 Å². The summed E-state index contributed by atoms with van der Waals surface area (Å²) in [7, 11) is 0. The van der Waals surface area contributed by atoms with Gasteiger partial charge in [-0.25, -0.2) is 0 Å². The summed E-state index contributed by atoms with van der Waals surface area (Å²) < 4.78 is 0. The Balaban J connectivity index is 1.62. The van der Waals surface area contributed by atoms with E-state index in [4.69, 9.17) is 17.3 Å². The number of primary amides is 1. The summed E-state index contributed by atoms with van der Waals surface area (Å²) in [6.07, 6.45) is 1.82. The summed E-state index contributed by atoms with van der Waals surface area (Å²) in [6.45, 7) is 4.40. The van der Waals surface area contributed by atoms with Gasteiger partial charge in [0.25, 0.3) is 0 Å². The molecule has 0 aromatic heterocycles. The van der Waals surface area contributed by atoms with Gasteiger partial charge in [-0.1, -0.05) is 23.7 Å². The maximum atomic E-state index is 12.6. The van der Waals surface area contributed by atoms with Crippen molar-refractivity contribution in [3.05, 3.63) is 34.9 Å². The Bertz CT molecular complexity index is 608. The van der Waals surface area contributed by atoms with E-state index in [1.54, 1.807) is 12.1 Å². The van der Waals surface area contributed by atoms with Crippen LogP contribution >= 0.6 is 11.6 Å². The Kier molecular flexibility index (Phi) is 5.93. The first kappa shape index (κ1) is 18.2. The molecule has 2 amide bonds. The first-order chi connectivity index (χ1) is 12.1. The van der Waals surface area contributed by atoms with Gasteiger partial charge in [0.15, 0.2) is 0 Å². The van der Waals surface area contributed by atoms with Crippen LogP contribution in [0.2, 0.25) is 5.02 Å². The third kappa shape index (κ3) is 4.32. The maximum Gasteiger partial charge on any atom is 0.239 e. The molecule has 1 unspecified atom stereocenters. The molecule has 2 heterocycles. The molecule has 1 atom stereocenters. The number of benzene rings is 1. The molecule has 3 rings (SSSR count). The summed E-state index contributed by atoms with van der Waals surface area (Å²) in [5.74, 6) is 0.0136. The fraction of sp³-hybridized carbons (Fsp3) is 0.556. The molecule has 7 heteroatoms. The Morgan fingerprint density at radius 3 is 2.24 bits per heavy atom. The molecule has 2 fully saturated rings. The predicted molar refractivity (Wildman–Crippen MR) is 97.1 cm³/mol. The van der Waals surface area contributed by atoms with E-state index < -0.39 is 6.04 Å². The first-order valence-corrected chi connectivity index (χ1v) is 9.22. The van der Waals surface area contributed by atoms with Crippen molar-refractivity contribution < 1.29 is 9.59 Å². The van der Waals surface area contributed by atoms with Crippen LogP contribution in [-0.2, 0) is 9.59 Å². The lowest BCUT2D eigenvalue weighted by Gasteiger charge is -2.39. The van der Waals surface area contributed by atoms with Gasteiger partial charge in [-0.2, -0.15) is 0 Å². The zero-order valence-corrected chi connectivity index (χ0v) is 15.0. The van der Waals surface area contributed by atoms with E-state index in [0.717, 1.165) is 31.5 Å². The van der Waals surface area contributed by atoms with Crippen molar-refractivity contribution in [3.8, 4) is 0 Å². The van der Waals surface area contributed by atoms with E-state index in [1.807, 2.05) is 17.0 Å². The van der Waals surface area contributed by atoms with E-state index in [1.165, 1.54) is 0 Å². The van der Waals surface area contributed by atoms with E-state index >= 15 is 0 Å². The molecular weight excluding hydrogens is 340 g/mol. The third-order valence-corrected chi connectivity index (χ3v) is 5.39. The van der Waals surface area contributed by atoms with E-state index in [-0.39, 0.29) is 17.7 Å². The number of nitrogens with one attached hydrogen (secondary N) is 1. The Hall–Kier alpha value is -1.63. The van der Waals surface area contributed by atoms with Crippen molar-refractivity contribution in [3.63, 3.8) is 0 Å². The molecule has 25 heavy (non-hydrogen) atoms. The van der Waals surface area contributed by atoms with E-state index in [0.29, 0.717) is 31.2 Å². The largest absolute Gasteiger partial charge is 0.368 e. The lowest BCUT2D eigenvalue weighted by Crippen LogP contribution is -2.53. The quantitative estimate of drug-likeness (QED) is 0.835. The smallest absolute Gasteiger partial charge is 0.239 e. The number of piperazine rings is 1. The summed E-state index contributed by atoms with van der Waals surface area (Å²) >= 11 is 5.93. The summed E-state index contributed by atoms with van der Waals surface area (Å²) in [5.41, 5.74) is 6.49. The van der Waals surface area contributed by atoms with Crippen molar-refractivity contribution in [2.45, 2.75) is 18.9 Å². The molecule has 136 valence electrons. The number of carbonyl (C=O) groups is 2. The fourth-order valence-electron chi connectivity index (χ4n) is 3.73. The van der Waals surface area contributed by atoms with Gasteiger partial charge < -0.3 is 16.0 Å². The van der Waals surface area contributed by atoms with Crippen molar-refractivity contribution in [1.82, 2.24) is 15.1 Å². The van der Waals surface area contributed by atoms with Crippen LogP contribution in [0.4, 0.5) is 0 Å². The van der Waals surface area contributed by atoms with Crippen LogP contribution < -0.4 is 11.1 Å². The van der Waals surface area contributed by atoms with Gasteiger partial charge in [0.1, 0.15) is 6.04 Å². The molecule has 0 aliphatic carbocycles. The number of halogens is 1. The molecule has 0 spiro atoms. The summed E-state index contributed by atoms with van der Waals surface area (Å²) in [6, 6.07) is 6.73. The number of carbonyl (C=O) groups excluding carboxylic acids is 2. The second-order valence-corrected chi connectivity index (χ2v) is 7.18. The molecule has 2 aliphatic heterocycles. The lowest BCUT2D eigenvalue weighted by atomic mass is 9.96. The van der Waals surface area contributed by atoms with Crippen LogP contribution in [0, 0.1) is 5.92 Å². The van der Waals surface area contributed by atoms with Gasteiger partial charge >= 0.3 is 0 Å². The molecule has 0 saturated carbocycles. The van der Waals surface area contributed by atoms with Gasteiger partial charge in [0.2, 0.25) is 11.8 Å². The number of amides is 2. The number of nitrogens with zero attached hydrogens (tertiary/aromatic N) is 2. The van der Waals surface area contributed by atoms with Crippen molar-refractivity contribution in [1.29, 1.82) is 0 Å². The van der Waals surface area contributed by atoms with Gasteiger partial charge in [-0.3, -0.25) is 14.5 Å². The maximum absolute atomic E-state index is 12.6. The molecular formula is C18H25ClN4O2. The number of hydrogen-bond donors (Lipinski definition) is 2. The van der Waals surface area contributed by atoms with Crippen molar-refractivity contribution in [2.75, 3.05) is 39.3 Å². The highest BCUT2D eigenvalue weighted by molar-refractivity contribution is 6.30. The molecule has 2 saturated heterocycles. The molecule has 0 radical (unpaired) electrons.